The van der Waals surface area contributed by atoms with Crippen LogP contribution in [0.4, 0.5) is 0 Å². The molecule has 0 heterocycles. The van der Waals surface area contributed by atoms with Gasteiger partial charge in [0.25, 0.3) is 0 Å². The lowest BCUT2D eigenvalue weighted by molar-refractivity contribution is -0.165. The zero-order chi connectivity index (χ0) is 18.7. The van der Waals surface area contributed by atoms with Crippen molar-refractivity contribution in [1.29, 1.82) is 0 Å². The normalized spacial score (nSPS) is 28.2. The molecular weight excluding hydrogens is 332 g/mol. The number of ether oxygens (including phenoxy) is 1. The number of aliphatic hydroxyl groups excluding tert-OH is 2. The number of benzene rings is 1. The van der Waals surface area contributed by atoms with Crippen molar-refractivity contribution >= 4 is 5.97 Å². The minimum absolute atomic E-state index is 0.151. The summed E-state index contributed by atoms with van der Waals surface area (Å²) < 4.78 is 4.92. The van der Waals surface area contributed by atoms with E-state index in [9.17, 15) is 20.1 Å². The summed E-state index contributed by atoms with van der Waals surface area (Å²) in [6, 6.07) is 6.51. The van der Waals surface area contributed by atoms with E-state index in [-0.39, 0.29) is 13.0 Å². The Bertz CT molecular complexity index is 696. The van der Waals surface area contributed by atoms with Gasteiger partial charge in [-0.2, -0.15) is 0 Å². The third-order valence-electron chi connectivity index (χ3n) is 5.43. The van der Waals surface area contributed by atoms with E-state index in [1.165, 1.54) is 35.6 Å². The van der Waals surface area contributed by atoms with Gasteiger partial charge in [-0.15, -0.1) is 0 Å². The molecule has 1 aromatic rings. The molecule has 0 amide bonds. The molecule has 3 N–H and O–H groups in total. The molecule has 142 valence electrons. The van der Waals surface area contributed by atoms with Gasteiger partial charge < -0.3 is 20.1 Å². The van der Waals surface area contributed by atoms with Gasteiger partial charge in [0, 0.05) is 6.42 Å². The highest BCUT2D eigenvalue weighted by Crippen LogP contribution is 2.31. The van der Waals surface area contributed by atoms with Crippen molar-refractivity contribution in [1.82, 2.24) is 0 Å². The van der Waals surface area contributed by atoms with Crippen LogP contribution in [0.3, 0.4) is 0 Å². The molecule has 0 saturated heterocycles. The van der Waals surface area contributed by atoms with Crippen LogP contribution in [-0.2, 0) is 28.8 Å². The van der Waals surface area contributed by atoms with Crippen LogP contribution < -0.4 is 0 Å². The molecule has 0 saturated carbocycles. The van der Waals surface area contributed by atoms with Crippen molar-refractivity contribution in [2.45, 2.75) is 69.7 Å². The molecule has 3 atom stereocenters. The predicted molar refractivity (Wildman–Crippen MR) is 97.7 cm³/mol. The number of carbonyl (C=O) groups excluding carboxylic acids is 1. The lowest BCUT2D eigenvalue weighted by atomic mass is 9.80. The van der Waals surface area contributed by atoms with Gasteiger partial charge in [0.05, 0.1) is 12.7 Å². The molecule has 1 unspecified atom stereocenters. The fourth-order valence-electron chi connectivity index (χ4n) is 3.98. The molecule has 26 heavy (non-hydrogen) atoms. The Kier molecular flexibility index (Phi) is 5.80. The lowest BCUT2D eigenvalue weighted by Gasteiger charge is -2.34. The van der Waals surface area contributed by atoms with Crippen molar-refractivity contribution in [2.75, 3.05) is 6.61 Å². The summed E-state index contributed by atoms with van der Waals surface area (Å²) in [6.45, 7) is 1.81. The molecule has 1 aromatic carbocycles. The molecule has 0 radical (unpaired) electrons. The molecule has 5 heteroatoms. The molecule has 0 bridgehead atoms. The summed E-state index contributed by atoms with van der Waals surface area (Å²) in [5.41, 5.74) is 2.59. The number of fused-ring (bicyclic) bond motifs is 1. The first-order valence-corrected chi connectivity index (χ1v) is 9.51. The monoisotopic (exact) mass is 360 g/mol. The maximum Gasteiger partial charge on any atom is 0.342 e. The summed E-state index contributed by atoms with van der Waals surface area (Å²) in [6.07, 6.45) is 4.73. The highest BCUT2D eigenvalue weighted by molar-refractivity contribution is 5.82. The van der Waals surface area contributed by atoms with Crippen LogP contribution in [0.2, 0.25) is 0 Å². The van der Waals surface area contributed by atoms with E-state index in [2.05, 4.69) is 18.2 Å². The van der Waals surface area contributed by atoms with Crippen molar-refractivity contribution < 1.29 is 24.9 Å². The van der Waals surface area contributed by atoms with Crippen LogP contribution in [0, 0.1) is 0 Å². The van der Waals surface area contributed by atoms with Crippen molar-refractivity contribution in [2.24, 2.45) is 0 Å². The minimum Gasteiger partial charge on any atom is -0.464 e. The molecule has 3 rings (SSSR count). The Morgan fingerprint density at radius 2 is 1.92 bits per heavy atom. The second kappa shape index (κ2) is 7.91. The number of aryl methyl sites for hydroxylation is 3. The van der Waals surface area contributed by atoms with E-state index in [0.717, 1.165) is 12.8 Å². The molecular formula is C21H28O5. The average Bonchev–Trinajstić information content (AvgIpc) is 2.63. The van der Waals surface area contributed by atoms with Crippen LogP contribution in [0.5, 0.6) is 0 Å². The molecule has 2 aliphatic carbocycles. The highest BCUT2D eigenvalue weighted by Gasteiger charge is 2.44. The number of aliphatic hydroxyl groups is 3. The van der Waals surface area contributed by atoms with E-state index < -0.39 is 23.8 Å². The Morgan fingerprint density at radius 1 is 1.19 bits per heavy atom. The fourth-order valence-corrected chi connectivity index (χ4v) is 3.98. The molecule has 0 aliphatic heterocycles. The Hall–Kier alpha value is -1.69. The summed E-state index contributed by atoms with van der Waals surface area (Å²) >= 11 is 0. The maximum absolute atomic E-state index is 12.0. The molecule has 0 aromatic heterocycles. The van der Waals surface area contributed by atoms with Gasteiger partial charge >= 0.3 is 5.97 Å². The van der Waals surface area contributed by atoms with Crippen LogP contribution in [0.1, 0.15) is 49.3 Å². The number of hydrogen-bond donors (Lipinski definition) is 3. The van der Waals surface area contributed by atoms with E-state index in [4.69, 9.17) is 4.74 Å². The summed E-state index contributed by atoms with van der Waals surface area (Å²) in [4.78, 5) is 12.0. The van der Waals surface area contributed by atoms with Crippen LogP contribution in [-0.4, -0.2) is 45.7 Å². The quantitative estimate of drug-likeness (QED) is 0.551. The number of rotatable bonds is 5. The maximum atomic E-state index is 12.0. The van der Waals surface area contributed by atoms with Gasteiger partial charge in [-0.05, 0) is 73.8 Å². The second-order valence-electron chi connectivity index (χ2n) is 7.39. The van der Waals surface area contributed by atoms with Gasteiger partial charge in [0.2, 0.25) is 0 Å². The number of carbonyl (C=O) groups is 1. The van der Waals surface area contributed by atoms with E-state index in [1.807, 2.05) is 0 Å². The summed E-state index contributed by atoms with van der Waals surface area (Å²) in [7, 11) is 0. The first kappa shape index (κ1) is 19.1. The van der Waals surface area contributed by atoms with E-state index >= 15 is 0 Å². The zero-order valence-electron chi connectivity index (χ0n) is 15.3. The van der Waals surface area contributed by atoms with Crippen molar-refractivity contribution in [3.63, 3.8) is 0 Å². The van der Waals surface area contributed by atoms with Crippen molar-refractivity contribution in [3.05, 3.63) is 46.5 Å². The van der Waals surface area contributed by atoms with Crippen molar-refractivity contribution in [3.8, 4) is 0 Å². The summed E-state index contributed by atoms with van der Waals surface area (Å²) in [5.74, 6) is -0.780. The summed E-state index contributed by atoms with van der Waals surface area (Å²) in [5, 5.41) is 30.9. The minimum atomic E-state index is -1.88. The first-order valence-electron chi connectivity index (χ1n) is 9.51. The average molecular weight is 360 g/mol. The number of esters is 1. The molecule has 0 spiro atoms. The largest absolute Gasteiger partial charge is 0.464 e. The lowest BCUT2D eigenvalue weighted by Crippen LogP contribution is -2.49. The van der Waals surface area contributed by atoms with Crippen LogP contribution in [0.25, 0.3) is 0 Å². The second-order valence-corrected chi connectivity index (χ2v) is 7.39. The SMILES string of the molecule is CCOC(=O)[C@]1(O)C=C(CCc2ccc3c(c2)CCCC3)[C@@H](O)C(O)C1. The third-order valence-corrected chi connectivity index (χ3v) is 5.43. The molecule has 0 fully saturated rings. The zero-order valence-corrected chi connectivity index (χ0v) is 15.3. The number of hydrogen-bond acceptors (Lipinski definition) is 5. The van der Waals surface area contributed by atoms with E-state index in [1.54, 1.807) is 6.92 Å². The Labute approximate surface area is 154 Å². The van der Waals surface area contributed by atoms with Crippen LogP contribution >= 0.6 is 0 Å². The highest BCUT2D eigenvalue weighted by atomic mass is 16.5. The van der Waals surface area contributed by atoms with Gasteiger partial charge in [-0.1, -0.05) is 18.2 Å². The topological polar surface area (TPSA) is 87.0 Å². The standard InChI is InChI=1S/C21H28O5/c1-2-26-20(24)21(25)12-17(19(23)18(22)13-21)10-8-14-7-9-15-5-3-4-6-16(15)11-14/h7,9,11-12,18-19,22-23,25H,2-6,8,10,13H2,1H3/t18?,19-,21+/m1/s1. The van der Waals surface area contributed by atoms with E-state index in [0.29, 0.717) is 18.4 Å². The smallest absolute Gasteiger partial charge is 0.342 e. The fraction of sp³-hybridized carbons (Fsp3) is 0.571. The Balaban J connectivity index is 1.74. The molecule has 5 nitrogen and oxygen atoms in total. The predicted octanol–water partition coefficient (Wildman–Crippen LogP) is 1.84. The van der Waals surface area contributed by atoms with Gasteiger partial charge in [-0.3, -0.25) is 0 Å². The van der Waals surface area contributed by atoms with Gasteiger partial charge in [0.1, 0.15) is 6.10 Å². The Morgan fingerprint density at radius 3 is 2.65 bits per heavy atom. The van der Waals surface area contributed by atoms with Gasteiger partial charge in [0.15, 0.2) is 5.60 Å². The van der Waals surface area contributed by atoms with Crippen LogP contribution in [0.15, 0.2) is 29.8 Å². The van der Waals surface area contributed by atoms with Gasteiger partial charge in [-0.25, -0.2) is 4.79 Å². The first-order chi connectivity index (χ1) is 12.4. The molecule has 2 aliphatic rings. The third kappa shape index (κ3) is 4.00.